The third kappa shape index (κ3) is 7.12. The minimum Gasteiger partial charge on any atom is -0.481 e. The van der Waals surface area contributed by atoms with Crippen molar-refractivity contribution in [1.82, 2.24) is 10.2 Å². The number of nitrogens with one attached hydrogen (secondary N) is 1. The minimum absolute atomic E-state index is 0.0117. The van der Waals surface area contributed by atoms with Crippen LogP contribution in [0.1, 0.15) is 32.6 Å². The number of carbonyl (C=O) groups excluding carboxylic acids is 1. The number of piperidine rings is 1. The summed E-state index contributed by atoms with van der Waals surface area (Å²) in [4.78, 5) is 24.3. The predicted molar refractivity (Wildman–Crippen MR) is 72.7 cm³/mol. The molecule has 1 fully saturated rings. The van der Waals surface area contributed by atoms with Gasteiger partial charge in [0.1, 0.15) is 0 Å². The summed E-state index contributed by atoms with van der Waals surface area (Å²) < 4.78 is 0. The van der Waals surface area contributed by atoms with Gasteiger partial charge in [-0.1, -0.05) is 6.92 Å². The number of rotatable bonds is 7. The van der Waals surface area contributed by atoms with Crippen molar-refractivity contribution in [1.29, 1.82) is 0 Å². The molecule has 4 N–H and O–H groups in total. The molecule has 6 nitrogen and oxygen atoms in total. The Morgan fingerprint density at radius 3 is 2.63 bits per heavy atom. The first-order valence-corrected chi connectivity index (χ1v) is 6.93. The second kappa shape index (κ2) is 8.12. The van der Waals surface area contributed by atoms with E-state index in [0.29, 0.717) is 19.5 Å². The van der Waals surface area contributed by atoms with Crippen LogP contribution in [-0.2, 0) is 9.59 Å². The van der Waals surface area contributed by atoms with Gasteiger partial charge in [-0.05, 0) is 25.2 Å². The van der Waals surface area contributed by atoms with Crippen LogP contribution in [0.15, 0.2) is 0 Å². The Hall–Kier alpha value is -1.14. The molecule has 0 bridgehead atoms. The molecule has 0 radical (unpaired) electrons. The second-order valence-corrected chi connectivity index (χ2v) is 5.46. The van der Waals surface area contributed by atoms with Crippen molar-refractivity contribution < 1.29 is 14.7 Å². The van der Waals surface area contributed by atoms with E-state index in [2.05, 4.69) is 10.2 Å². The number of amides is 1. The molecule has 1 unspecified atom stereocenters. The van der Waals surface area contributed by atoms with Gasteiger partial charge >= 0.3 is 5.97 Å². The fourth-order valence-corrected chi connectivity index (χ4v) is 2.13. The van der Waals surface area contributed by atoms with Gasteiger partial charge in [0, 0.05) is 32.1 Å². The Morgan fingerprint density at radius 2 is 2.05 bits per heavy atom. The maximum atomic E-state index is 11.7. The van der Waals surface area contributed by atoms with Gasteiger partial charge in [-0.3, -0.25) is 14.5 Å². The van der Waals surface area contributed by atoms with Crippen LogP contribution in [0.3, 0.4) is 0 Å². The molecule has 1 aliphatic heterocycles. The van der Waals surface area contributed by atoms with Gasteiger partial charge in [-0.2, -0.15) is 0 Å². The number of carboxylic acid groups (broad SMARTS) is 1. The smallest absolute Gasteiger partial charge is 0.303 e. The van der Waals surface area contributed by atoms with Crippen LogP contribution in [-0.4, -0.2) is 54.1 Å². The van der Waals surface area contributed by atoms with Crippen LogP contribution >= 0.6 is 0 Å². The number of nitrogens with zero attached hydrogens (tertiary/aromatic N) is 1. The Kier molecular flexibility index (Phi) is 6.80. The largest absolute Gasteiger partial charge is 0.481 e. The molecule has 0 aromatic rings. The van der Waals surface area contributed by atoms with Crippen molar-refractivity contribution in [2.45, 2.75) is 38.6 Å². The van der Waals surface area contributed by atoms with E-state index in [4.69, 9.17) is 10.8 Å². The van der Waals surface area contributed by atoms with Gasteiger partial charge in [0.15, 0.2) is 0 Å². The maximum absolute atomic E-state index is 11.7. The van der Waals surface area contributed by atoms with E-state index in [-0.39, 0.29) is 24.3 Å². The predicted octanol–water partition coefficient (Wildman–Crippen LogP) is 0.0266. The first kappa shape index (κ1) is 15.9. The van der Waals surface area contributed by atoms with Crippen LogP contribution in [0, 0.1) is 5.92 Å². The molecule has 110 valence electrons. The zero-order valence-corrected chi connectivity index (χ0v) is 11.6. The molecule has 1 rings (SSSR count). The SMILES string of the molecule is CC(CCC(=O)O)CNC(=O)CN1CCC(N)CC1. The summed E-state index contributed by atoms with van der Waals surface area (Å²) in [6, 6.07) is 0.273. The highest BCUT2D eigenvalue weighted by Gasteiger charge is 2.18. The van der Waals surface area contributed by atoms with Gasteiger partial charge in [0.2, 0.25) is 5.91 Å². The molecule has 19 heavy (non-hydrogen) atoms. The molecule has 0 aliphatic carbocycles. The summed E-state index contributed by atoms with van der Waals surface area (Å²) in [5.41, 5.74) is 5.81. The summed E-state index contributed by atoms with van der Waals surface area (Å²) in [5.74, 6) is -0.588. The molecule has 1 saturated heterocycles. The lowest BCUT2D eigenvalue weighted by Crippen LogP contribution is -2.45. The van der Waals surface area contributed by atoms with E-state index in [1.807, 2.05) is 6.92 Å². The lowest BCUT2D eigenvalue weighted by Gasteiger charge is -2.29. The van der Waals surface area contributed by atoms with E-state index in [0.717, 1.165) is 25.9 Å². The fourth-order valence-electron chi connectivity index (χ4n) is 2.13. The first-order chi connectivity index (χ1) is 8.97. The van der Waals surface area contributed by atoms with Crippen LogP contribution < -0.4 is 11.1 Å². The molecular weight excluding hydrogens is 246 g/mol. The van der Waals surface area contributed by atoms with E-state index >= 15 is 0 Å². The standard InChI is InChI=1S/C13H25N3O3/c1-10(2-3-13(18)19)8-15-12(17)9-16-6-4-11(14)5-7-16/h10-11H,2-9,14H2,1H3,(H,15,17)(H,18,19). The lowest BCUT2D eigenvalue weighted by molar-refractivity contribution is -0.137. The molecule has 0 spiro atoms. The highest BCUT2D eigenvalue weighted by atomic mass is 16.4. The highest BCUT2D eigenvalue weighted by molar-refractivity contribution is 5.78. The minimum atomic E-state index is -0.789. The molecule has 6 heteroatoms. The normalized spacial score (nSPS) is 19.1. The summed E-state index contributed by atoms with van der Waals surface area (Å²) in [5, 5.41) is 11.4. The molecule has 1 aliphatic rings. The number of hydrogen-bond acceptors (Lipinski definition) is 4. The summed E-state index contributed by atoms with van der Waals surface area (Å²) >= 11 is 0. The average Bonchev–Trinajstić information content (AvgIpc) is 2.36. The Labute approximate surface area is 114 Å². The quantitative estimate of drug-likeness (QED) is 0.607. The average molecular weight is 271 g/mol. The van der Waals surface area contributed by atoms with Gasteiger partial charge in [-0.15, -0.1) is 0 Å². The lowest BCUT2D eigenvalue weighted by atomic mass is 10.1. The van der Waals surface area contributed by atoms with Crippen LogP contribution in [0.5, 0.6) is 0 Å². The molecule has 1 amide bonds. The maximum Gasteiger partial charge on any atom is 0.303 e. The number of carboxylic acids is 1. The van der Waals surface area contributed by atoms with E-state index < -0.39 is 5.97 Å². The van der Waals surface area contributed by atoms with Gasteiger partial charge in [-0.25, -0.2) is 0 Å². The molecule has 1 atom stereocenters. The fraction of sp³-hybridized carbons (Fsp3) is 0.846. The first-order valence-electron chi connectivity index (χ1n) is 6.93. The Morgan fingerprint density at radius 1 is 1.42 bits per heavy atom. The second-order valence-electron chi connectivity index (χ2n) is 5.46. The number of nitrogens with two attached hydrogens (primary N) is 1. The zero-order chi connectivity index (χ0) is 14.3. The number of carbonyl (C=O) groups is 2. The van der Waals surface area contributed by atoms with Gasteiger partial charge < -0.3 is 16.2 Å². The van der Waals surface area contributed by atoms with Crippen molar-refractivity contribution in [3.05, 3.63) is 0 Å². The number of aliphatic carboxylic acids is 1. The van der Waals surface area contributed by atoms with E-state index in [1.165, 1.54) is 0 Å². The Bertz CT molecular complexity index is 302. The molecule has 0 aromatic heterocycles. The van der Waals surface area contributed by atoms with Gasteiger partial charge in [0.25, 0.3) is 0 Å². The third-order valence-corrected chi connectivity index (χ3v) is 3.50. The third-order valence-electron chi connectivity index (χ3n) is 3.50. The van der Waals surface area contributed by atoms with Crippen molar-refractivity contribution in [3.63, 3.8) is 0 Å². The summed E-state index contributed by atoms with van der Waals surface area (Å²) in [7, 11) is 0. The van der Waals surface area contributed by atoms with E-state index in [1.54, 1.807) is 0 Å². The summed E-state index contributed by atoms with van der Waals surface area (Å²) in [6.07, 6.45) is 2.64. The van der Waals surface area contributed by atoms with Crippen LogP contribution in [0.25, 0.3) is 0 Å². The number of likely N-dealkylation sites (tertiary alicyclic amines) is 1. The molecule has 1 heterocycles. The van der Waals surface area contributed by atoms with Crippen molar-refractivity contribution >= 4 is 11.9 Å². The molecule has 0 saturated carbocycles. The zero-order valence-electron chi connectivity index (χ0n) is 11.6. The highest BCUT2D eigenvalue weighted by Crippen LogP contribution is 2.07. The van der Waals surface area contributed by atoms with Crippen molar-refractivity contribution in [2.24, 2.45) is 11.7 Å². The van der Waals surface area contributed by atoms with Crippen LogP contribution in [0.2, 0.25) is 0 Å². The monoisotopic (exact) mass is 271 g/mol. The van der Waals surface area contributed by atoms with E-state index in [9.17, 15) is 9.59 Å². The van der Waals surface area contributed by atoms with Gasteiger partial charge in [0.05, 0.1) is 6.54 Å². The number of hydrogen-bond donors (Lipinski definition) is 3. The Balaban J connectivity index is 2.12. The van der Waals surface area contributed by atoms with Crippen molar-refractivity contribution in [3.8, 4) is 0 Å². The van der Waals surface area contributed by atoms with Crippen LogP contribution in [0.4, 0.5) is 0 Å². The molecule has 0 aromatic carbocycles. The topological polar surface area (TPSA) is 95.7 Å². The summed E-state index contributed by atoms with van der Waals surface area (Å²) in [6.45, 7) is 4.66. The molecular formula is C13H25N3O3. The van der Waals surface area contributed by atoms with Crippen molar-refractivity contribution in [2.75, 3.05) is 26.2 Å².